The van der Waals surface area contributed by atoms with Gasteiger partial charge in [-0.2, -0.15) is 4.31 Å². The van der Waals surface area contributed by atoms with Crippen molar-refractivity contribution in [1.29, 1.82) is 0 Å². The molecule has 2 aromatic carbocycles. The van der Waals surface area contributed by atoms with E-state index in [1.165, 1.54) is 12.0 Å². The van der Waals surface area contributed by atoms with Gasteiger partial charge in [-0.25, -0.2) is 12.8 Å². The lowest BCUT2D eigenvalue weighted by atomic mass is 10.1. The number of rotatable bonds is 6. The zero-order chi connectivity index (χ0) is 25.9. The predicted octanol–water partition coefficient (Wildman–Crippen LogP) is 0.744. The second-order valence-electron chi connectivity index (χ2n) is 8.56. The Hall–Kier alpha value is -3.51. The smallest absolute Gasteiger partial charge is 0.253 e. The van der Waals surface area contributed by atoms with Crippen LogP contribution in [0.2, 0.25) is 0 Å². The van der Waals surface area contributed by atoms with E-state index in [4.69, 9.17) is 4.74 Å². The monoisotopic (exact) mass is 518 g/mol. The SMILES string of the molecule is COc1ccc(C(=O)N2CCN(S(=O)(=O)c3ccc(F)cc3)C(C(=O)NC3CCCNC3=O)C2)cc1. The summed E-state index contributed by atoms with van der Waals surface area (Å²) in [6, 6.07) is 8.67. The number of amides is 3. The van der Waals surface area contributed by atoms with Gasteiger partial charge in [0.15, 0.2) is 0 Å². The number of piperazine rings is 1. The Labute approximate surface area is 208 Å². The van der Waals surface area contributed by atoms with Gasteiger partial charge in [0.1, 0.15) is 23.7 Å². The van der Waals surface area contributed by atoms with Gasteiger partial charge < -0.3 is 20.3 Å². The minimum Gasteiger partial charge on any atom is -0.497 e. The first-order valence-corrected chi connectivity index (χ1v) is 12.9. The van der Waals surface area contributed by atoms with Gasteiger partial charge in [-0.3, -0.25) is 14.4 Å². The van der Waals surface area contributed by atoms with Crippen molar-refractivity contribution in [3.05, 3.63) is 59.9 Å². The number of nitrogens with one attached hydrogen (secondary N) is 2. The highest BCUT2D eigenvalue weighted by Gasteiger charge is 2.42. The minimum atomic E-state index is -4.20. The van der Waals surface area contributed by atoms with Crippen LogP contribution in [-0.2, 0) is 19.6 Å². The van der Waals surface area contributed by atoms with Crippen LogP contribution in [0.15, 0.2) is 53.4 Å². The molecule has 0 aliphatic carbocycles. The summed E-state index contributed by atoms with van der Waals surface area (Å²) in [5.41, 5.74) is 0.358. The molecule has 2 saturated heterocycles. The van der Waals surface area contributed by atoms with E-state index in [1.54, 1.807) is 24.3 Å². The van der Waals surface area contributed by atoms with Gasteiger partial charge in [0.2, 0.25) is 21.8 Å². The van der Waals surface area contributed by atoms with Crippen LogP contribution in [0.3, 0.4) is 0 Å². The Morgan fingerprint density at radius 3 is 2.42 bits per heavy atom. The van der Waals surface area contributed by atoms with Gasteiger partial charge >= 0.3 is 0 Å². The molecule has 2 fully saturated rings. The first-order chi connectivity index (χ1) is 17.2. The molecule has 4 rings (SSSR count). The quantitative estimate of drug-likeness (QED) is 0.581. The molecule has 0 radical (unpaired) electrons. The summed E-state index contributed by atoms with van der Waals surface area (Å²) < 4.78 is 46.4. The second-order valence-corrected chi connectivity index (χ2v) is 10.5. The normalized spacial score (nSPS) is 20.9. The number of benzene rings is 2. The van der Waals surface area contributed by atoms with Crippen molar-refractivity contribution in [1.82, 2.24) is 19.8 Å². The number of piperidine rings is 1. The molecule has 2 aromatic rings. The Kier molecular flexibility index (Phi) is 7.55. The Balaban J connectivity index is 1.61. The van der Waals surface area contributed by atoms with E-state index >= 15 is 0 Å². The zero-order valence-electron chi connectivity index (χ0n) is 19.6. The summed E-state index contributed by atoms with van der Waals surface area (Å²) in [5.74, 6) is -1.42. The highest BCUT2D eigenvalue weighted by molar-refractivity contribution is 7.89. The number of methoxy groups -OCH3 is 1. The van der Waals surface area contributed by atoms with Crippen molar-refractivity contribution in [2.45, 2.75) is 29.8 Å². The van der Waals surface area contributed by atoms with Gasteiger partial charge in [-0.05, 0) is 61.4 Å². The van der Waals surface area contributed by atoms with E-state index in [9.17, 15) is 27.2 Å². The molecule has 2 heterocycles. The average Bonchev–Trinajstić information content (AvgIpc) is 2.89. The molecule has 3 amide bonds. The van der Waals surface area contributed by atoms with Crippen LogP contribution in [0.5, 0.6) is 5.75 Å². The van der Waals surface area contributed by atoms with Crippen LogP contribution >= 0.6 is 0 Å². The van der Waals surface area contributed by atoms with Crippen LogP contribution in [0.4, 0.5) is 4.39 Å². The molecule has 12 heteroatoms. The first-order valence-electron chi connectivity index (χ1n) is 11.5. The van der Waals surface area contributed by atoms with Gasteiger partial charge in [-0.15, -0.1) is 0 Å². The zero-order valence-corrected chi connectivity index (χ0v) is 20.5. The van der Waals surface area contributed by atoms with E-state index in [2.05, 4.69) is 10.6 Å². The van der Waals surface area contributed by atoms with Crippen LogP contribution in [0, 0.1) is 5.82 Å². The van der Waals surface area contributed by atoms with Crippen molar-refractivity contribution >= 4 is 27.7 Å². The molecule has 0 spiro atoms. The lowest BCUT2D eigenvalue weighted by Gasteiger charge is -2.40. The van der Waals surface area contributed by atoms with Crippen molar-refractivity contribution in [2.24, 2.45) is 0 Å². The van der Waals surface area contributed by atoms with Gasteiger partial charge in [-0.1, -0.05) is 0 Å². The maximum Gasteiger partial charge on any atom is 0.253 e. The fourth-order valence-electron chi connectivity index (χ4n) is 4.29. The van der Waals surface area contributed by atoms with Crippen LogP contribution in [-0.4, -0.2) is 80.7 Å². The standard InChI is InChI=1S/C24H27FN4O6S/c1-35-18-8-4-16(5-9-18)24(32)28-13-14-29(36(33,34)19-10-6-17(25)7-11-19)21(15-28)23(31)27-20-3-2-12-26-22(20)30/h4-11,20-21H,2-3,12-15H2,1H3,(H,26,30)(H,27,31). The summed E-state index contributed by atoms with van der Waals surface area (Å²) in [7, 11) is -2.69. The van der Waals surface area contributed by atoms with E-state index in [0.717, 1.165) is 28.6 Å². The fourth-order valence-corrected chi connectivity index (χ4v) is 5.86. The third kappa shape index (κ3) is 5.34. The molecule has 2 aliphatic rings. The van der Waals surface area contributed by atoms with Crippen molar-refractivity contribution in [3.8, 4) is 5.75 Å². The second kappa shape index (κ2) is 10.6. The predicted molar refractivity (Wildman–Crippen MR) is 127 cm³/mol. The number of carbonyl (C=O) groups is 3. The average molecular weight is 519 g/mol. The molecule has 2 unspecified atom stereocenters. The van der Waals surface area contributed by atoms with E-state index < -0.39 is 33.8 Å². The Morgan fingerprint density at radius 2 is 1.78 bits per heavy atom. The first kappa shape index (κ1) is 25.6. The minimum absolute atomic E-state index is 0.0407. The summed E-state index contributed by atoms with van der Waals surface area (Å²) in [6.07, 6.45) is 1.09. The summed E-state index contributed by atoms with van der Waals surface area (Å²) in [6.45, 7) is 0.171. The van der Waals surface area contributed by atoms with E-state index in [-0.39, 0.29) is 36.3 Å². The number of ether oxygens (including phenoxy) is 1. The highest BCUT2D eigenvalue weighted by Crippen LogP contribution is 2.24. The van der Waals surface area contributed by atoms with Crippen molar-refractivity contribution in [3.63, 3.8) is 0 Å². The number of halogens is 1. The van der Waals surface area contributed by atoms with E-state index in [1.807, 2.05) is 0 Å². The topological polar surface area (TPSA) is 125 Å². The Morgan fingerprint density at radius 1 is 1.08 bits per heavy atom. The fraction of sp³-hybridized carbons (Fsp3) is 0.375. The van der Waals surface area contributed by atoms with Crippen LogP contribution < -0.4 is 15.4 Å². The maximum absolute atomic E-state index is 13.4. The molecule has 10 nitrogen and oxygen atoms in total. The molecular formula is C24H27FN4O6S. The van der Waals surface area contributed by atoms with Gasteiger partial charge in [0.05, 0.1) is 12.0 Å². The highest BCUT2D eigenvalue weighted by atomic mass is 32.2. The van der Waals surface area contributed by atoms with Crippen molar-refractivity contribution < 1.29 is 31.9 Å². The van der Waals surface area contributed by atoms with Gasteiger partial charge in [0, 0.05) is 31.7 Å². The largest absolute Gasteiger partial charge is 0.497 e. The molecule has 0 bridgehead atoms. The summed E-state index contributed by atoms with van der Waals surface area (Å²) in [5, 5.41) is 5.32. The molecule has 2 atom stereocenters. The van der Waals surface area contributed by atoms with Gasteiger partial charge in [0.25, 0.3) is 5.91 Å². The number of hydrogen-bond acceptors (Lipinski definition) is 6. The molecule has 0 aromatic heterocycles. The molecule has 36 heavy (non-hydrogen) atoms. The third-order valence-electron chi connectivity index (χ3n) is 6.28. The summed E-state index contributed by atoms with van der Waals surface area (Å²) in [4.78, 5) is 39.9. The third-order valence-corrected chi connectivity index (χ3v) is 8.20. The van der Waals surface area contributed by atoms with E-state index in [0.29, 0.717) is 30.7 Å². The number of nitrogens with zero attached hydrogens (tertiary/aromatic N) is 2. The molecule has 2 N–H and O–H groups in total. The lowest BCUT2D eigenvalue weighted by Crippen LogP contribution is -2.63. The number of hydrogen-bond donors (Lipinski definition) is 2. The van der Waals surface area contributed by atoms with Crippen molar-refractivity contribution in [2.75, 3.05) is 33.3 Å². The van der Waals surface area contributed by atoms with Crippen LogP contribution in [0.1, 0.15) is 23.2 Å². The maximum atomic E-state index is 13.4. The Bertz CT molecular complexity index is 1240. The lowest BCUT2D eigenvalue weighted by molar-refractivity contribution is -0.132. The summed E-state index contributed by atoms with van der Waals surface area (Å²) >= 11 is 0. The molecule has 0 saturated carbocycles. The van der Waals surface area contributed by atoms with Crippen LogP contribution in [0.25, 0.3) is 0 Å². The molecule has 192 valence electrons. The number of carbonyl (C=O) groups excluding carboxylic acids is 3. The number of sulfonamides is 1. The molecular weight excluding hydrogens is 491 g/mol. The molecule has 2 aliphatic heterocycles.